The van der Waals surface area contributed by atoms with Gasteiger partial charge in [-0.2, -0.15) is 0 Å². The smallest absolute Gasteiger partial charge is 0.319 e. The lowest BCUT2D eigenvalue weighted by atomic mass is 10.1. The van der Waals surface area contributed by atoms with Crippen LogP contribution in [0.3, 0.4) is 0 Å². The molecule has 1 heterocycles. The number of nitrogens with zero attached hydrogens (tertiary/aromatic N) is 1. The van der Waals surface area contributed by atoms with Gasteiger partial charge in [-0.1, -0.05) is 0 Å². The van der Waals surface area contributed by atoms with E-state index in [-0.39, 0.29) is 0 Å². The lowest BCUT2D eigenvalue weighted by molar-refractivity contribution is -0.0712. The molecule has 0 aromatic carbocycles. The number of rotatable bonds is 2. The number of carbonyl (C=O) groups excluding carboxylic acids is 1. The summed E-state index contributed by atoms with van der Waals surface area (Å²) in [6, 6.07) is -0.440. The number of carbonyl (C=O) groups is 1. The summed E-state index contributed by atoms with van der Waals surface area (Å²) in [7, 11) is 2.87. The Morgan fingerprint density at radius 3 is 2.47 bits per heavy atom. The Hall–Kier alpha value is -0.890. The maximum absolute atomic E-state index is 11.2. The molecule has 0 bridgehead atoms. The zero-order chi connectivity index (χ0) is 11.6. The number of hydrogen-bond donors (Lipinski definition) is 4. The Balaban J connectivity index is 2.68. The van der Waals surface area contributed by atoms with Crippen LogP contribution in [-0.4, -0.2) is 71.5 Å². The Morgan fingerprint density at radius 1 is 1.47 bits per heavy atom. The average Bonchev–Trinajstić information content (AvgIpc) is 2.54. The van der Waals surface area contributed by atoms with Crippen molar-refractivity contribution in [3.8, 4) is 0 Å². The van der Waals surface area contributed by atoms with E-state index >= 15 is 0 Å². The van der Waals surface area contributed by atoms with Crippen LogP contribution in [0.15, 0.2) is 0 Å². The quantitative estimate of drug-likeness (QED) is 0.419. The largest absolute Gasteiger partial charge is 0.394 e. The predicted octanol–water partition coefficient (Wildman–Crippen LogP) is -2.30. The monoisotopic (exact) mass is 220 g/mol. The molecule has 0 spiro atoms. The van der Waals surface area contributed by atoms with Gasteiger partial charge < -0.3 is 25.4 Å². The van der Waals surface area contributed by atoms with E-state index < -0.39 is 37.2 Å². The number of likely N-dealkylation sites (N-methyl/N-ethyl adjacent to an activating group) is 1. The summed E-state index contributed by atoms with van der Waals surface area (Å²) < 4.78 is 5.13. The van der Waals surface area contributed by atoms with Gasteiger partial charge in [-0.15, -0.1) is 0 Å². The number of ether oxygens (including phenoxy) is 1. The van der Waals surface area contributed by atoms with Crippen molar-refractivity contribution in [2.45, 2.75) is 24.5 Å². The zero-order valence-corrected chi connectivity index (χ0v) is 8.62. The molecule has 15 heavy (non-hydrogen) atoms. The van der Waals surface area contributed by atoms with Crippen molar-refractivity contribution in [1.29, 1.82) is 0 Å². The molecule has 1 aliphatic heterocycles. The highest BCUT2D eigenvalue weighted by Gasteiger charge is 2.45. The molecular formula is C8H16N2O5. The molecular weight excluding hydrogens is 204 g/mol. The van der Waals surface area contributed by atoms with Crippen molar-refractivity contribution in [1.82, 2.24) is 10.2 Å². The molecule has 88 valence electrons. The standard InChI is InChI=1S/C8H16N2O5/c1-9-8(14)10(2)7-6(13)5(12)4(3-11)15-7/h4-7,11-13H,3H2,1-2H3,(H,9,14)/t4-,5-,6+,7-/m1/s1. The van der Waals surface area contributed by atoms with Crippen LogP contribution in [-0.2, 0) is 4.74 Å². The molecule has 4 N–H and O–H groups in total. The van der Waals surface area contributed by atoms with Gasteiger partial charge in [0.2, 0.25) is 0 Å². The van der Waals surface area contributed by atoms with Gasteiger partial charge in [0.15, 0.2) is 6.23 Å². The maximum atomic E-state index is 11.2. The molecule has 7 heteroatoms. The number of amides is 2. The van der Waals surface area contributed by atoms with Gasteiger partial charge >= 0.3 is 6.03 Å². The van der Waals surface area contributed by atoms with E-state index in [1.54, 1.807) is 0 Å². The molecule has 0 saturated carbocycles. The van der Waals surface area contributed by atoms with E-state index in [1.807, 2.05) is 0 Å². The second kappa shape index (κ2) is 4.75. The minimum atomic E-state index is -1.22. The fourth-order valence-corrected chi connectivity index (χ4v) is 1.49. The summed E-state index contributed by atoms with van der Waals surface area (Å²) >= 11 is 0. The number of urea groups is 1. The van der Waals surface area contributed by atoms with Crippen molar-refractivity contribution >= 4 is 6.03 Å². The van der Waals surface area contributed by atoms with Gasteiger partial charge in [0, 0.05) is 14.1 Å². The minimum Gasteiger partial charge on any atom is -0.394 e. The third-order valence-electron chi connectivity index (χ3n) is 2.43. The van der Waals surface area contributed by atoms with E-state index in [4.69, 9.17) is 9.84 Å². The van der Waals surface area contributed by atoms with Gasteiger partial charge in [-0.25, -0.2) is 4.79 Å². The molecule has 0 aliphatic carbocycles. The van der Waals surface area contributed by atoms with Crippen LogP contribution in [0.1, 0.15) is 0 Å². The molecule has 1 aliphatic rings. The van der Waals surface area contributed by atoms with Crippen LogP contribution >= 0.6 is 0 Å². The summed E-state index contributed by atoms with van der Waals surface area (Å²) in [6.45, 7) is -0.406. The highest BCUT2D eigenvalue weighted by molar-refractivity contribution is 5.73. The Labute approximate surface area is 87.3 Å². The number of hydrogen-bond acceptors (Lipinski definition) is 5. The first-order chi connectivity index (χ1) is 7.02. The number of nitrogens with one attached hydrogen (secondary N) is 1. The molecule has 0 aromatic rings. The third kappa shape index (κ3) is 2.20. The van der Waals surface area contributed by atoms with Gasteiger partial charge in [-0.3, -0.25) is 4.90 Å². The van der Waals surface area contributed by atoms with Crippen LogP contribution in [0.2, 0.25) is 0 Å². The normalized spacial score (nSPS) is 35.3. The molecule has 1 saturated heterocycles. The van der Waals surface area contributed by atoms with Gasteiger partial charge in [-0.05, 0) is 0 Å². The van der Waals surface area contributed by atoms with Crippen LogP contribution in [0, 0.1) is 0 Å². The van der Waals surface area contributed by atoms with Crippen LogP contribution in [0.25, 0.3) is 0 Å². The molecule has 0 unspecified atom stereocenters. The van der Waals surface area contributed by atoms with Crippen LogP contribution in [0.4, 0.5) is 4.79 Å². The average molecular weight is 220 g/mol. The molecule has 4 atom stereocenters. The lowest BCUT2D eigenvalue weighted by Gasteiger charge is -2.25. The highest BCUT2D eigenvalue weighted by atomic mass is 16.6. The molecule has 2 amide bonds. The van der Waals surface area contributed by atoms with Gasteiger partial charge in [0.25, 0.3) is 0 Å². The highest BCUT2D eigenvalue weighted by Crippen LogP contribution is 2.22. The Kier molecular flexibility index (Phi) is 3.86. The van der Waals surface area contributed by atoms with Gasteiger partial charge in [0.05, 0.1) is 6.61 Å². The first kappa shape index (κ1) is 12.2. The van der Waals surface area contributed by atoms with Crippen LogP contribution in [0.5, 0.6) is 0 Å². The molecule has 7 nitrogen and oxygen atoms in total. The Morgan fingerprint density at radius 2 is 2.07 bits per heavy atom. The van der Waals surface area contributed by atoms with E-state index in [0.717, 1.165) is 4.90 Å². The van der Waals surface area contributed by atoms with E-state index in [0.29, 0.717) is 0 Å². The molecule has 0 radical (unpaired) electrons. The summed E-state index contributed by atoms with van der Waals surface area (Å²) in [4.78, 5) is 12.4. The number of aliphatic hydroxyl groups is 3. The maximum Gasteiger partial charge on any atom is 0.319 e. The molecule has 1 fully saturated rings. The third-order valence-corrected chi connectivity index (χ3v) is 2.43. The van der Waals surface area contributed by atoms with E-state index in [1.165, 1.54) is 14.1 Å². The number of aliphatic hydroxyl groups excluding tert-OH is 3. The summed E-state index contributed by atoms with van der Waals surface area (Å²) in [5.41, 5.74) is 0. The van der Waals surface area contributed by atoms with Crippen molar-refractivity contribution in [2.24, 2.45) is 0 Å². The SMILES string of the molecule is CNC(=O)N(C)[C@@H]1O[C@H](CO)[C@@H](O)[C@@H]1O. The predicted molar refractivity (Wildman–Crippen MR) is 50.0 cm³/mol. The minimum absolute atomic E-state index is 0.406. The first-order valence-electron chi connectivity index (χ1n) is 4.60. The zero-order valence-electron chi connectivity index (χ0n) is 8.62. The fraction of sp³-hybridized carbons (Fsp3) is 0.875. The van der Waals surface area contributed by atoms with Crippen molar-refractivity contribution in [3.05, 3.63) is 0 Å². The van der Waals surface area contributed by atoms with Gasteiger partial charge in [0.1, 0.15) is 18.3 Å². The van der Waals surface area contributed by atoms with Crippen LogP contribution < -0.4 is 5.32 Å². The van der Waals surface area contributed by atoms with Crippen molar-refractivity contribution in [2.75, 3.05) is 20.7 Å². The first-order valence-corrected chi connectivity index (χ1v) is 4.60. The second-order valence-corrected chi connectivity index (χ2v) is 3.39. The summed E-state index contributed by atoms with van der Waals surface area (Å²) in [6.07, 6.45) is -4.22. The summed E-state index contributed by atoms with van der Waals surface area (Å²) in [5, 5.41) is 30.2. The Bertz CT molecular complexity index is 237. The molecule has 0 aromatic heterocycles. The fourth-order valence-electron chi connectivity index (χ4n) is 1.49. The second-order valence-electron chi connectivity index (χ2n) is 3.39. The van der Waals surface area contributed by atoms with E-state index in [9.17, 15) is 15.0 Å². The van der Waals surface area contributed by atoms with Crippen molar-refractivity contribution in [3.63, 3.8) is 0 Å². The topological polar surface area (TPSA) is 102 Å². The molecule has 1 rings (SSSR count). The van der Waals surface area contributed by atoms with E-state index in [2.05, 4.69) is 5.32 Å². The summed E-state index contributed by atoms with van der Waals surface area (Å²) in [5.74, 6) is 0. The lowest BCUT2D eigenvalue weighted by Crippen LogP contribution is -2.48. The van der Waals surface area contributed by atoms with Crippen molar-refractivity contribution < 1.29 is 24.9 Å².